The lowest BCUT2D eigenvalue weighted by Gasteiger charge is -2.17. The van der Waals surface area contributed by atoms with Crippen molar-refractivity contribution in [3.8, 4) is 10.6 Å². The highest BCUT2D eigenvalue weighted by Gasteiger charge is 2.19. The molecule has 0 aliphatic carbocycles. The van der Waals surface area contributed by atoms with E-state index in [1.807, 2.05) is 49.6 Å². The molecule has 26 heavy (non-hydrogen) atoms. The minimum Gasteiger partial charge on any atom is -0.456 e. The van der Waals surface area contributed by atoms with Gasteiger partial charge in [0.25, 0.3) is 0 Å². The number of carbonyl (C=O) groups is 1. The number of rotatable bonds is 4. The highest BCUT2D eigenvalue weighted by atomic mass is 32.1. The van der Waals surface area contributed by atoms with Crippen LogP contribution in [0, 0.1) is 34.6 Å². The smallest absolute Gasteiger partial charge is 0.339 e. The molecule has 0 atom stereocenters. The highest BCUT2D eigenvalue weighted by Crippen LogP contribution is 2.27. The Kier molecular flexibility index (Phi) is 5.23. The van der Waals surface area contributed by atoms with Gasteiger partial charge in [-0.25, -0.2) is 9.78 Å². The molecule has 0 saturated heterocycles. The molecular formula is C22H23NO2S. The van der Waals surface area contributed by atoms with E-state index in [0.29, 0.717) is 5.56 Å². The predicted octanol–water partition coefficient (Wildman–Crippen LogP) is 5.71. The Balaban J connectivity index is 1.77. The molecular weight excluding hydrogens is 342 g/mol. The van der Waals surface area contributed by atoms with Crippen LogP contribution >= 0.6 is 11.3 Å². The topological polar surface area (TPSA) is 39.2 Å². The Labute approximate surface area is 158 Å². The van der Waals surface area contributed by atoms with Gasteiger partial charge in [0, 0.05) is 10.9 Å². The number of ether oxygens (including phenoxy) is 1. The maximum atomic E-state index is 12.7. The third-order valence-electron chi connectivity index (χ3n) is 5.13. The van der Waals surface area contributed by atoms with Crippen molar-refractivity contribution in [2.24, 2.45) is 0 Å². The molecule has 0 radical (unpaired) electrons. The van der Waals surface area contributed by atoms with Crippen LogP contribution in [0.15, 0.2) is 35.7 Å². The average Bonchev–Trinajstić information content (AvgIpc) is 3.13. The minimum atomic E-state index is -0.277. The summed E-state index contributed by atoms with van der Waals surface area (Å²) in [6.07, 6.45) is 0. The van der Waals surface area contributed by atoms with Gasteiger partial charge in [-0.1, -0.05) is 30.3 Å². The number of hydrogen-bond acceptors (Lipinski definition) is 4. The number of esters is 1. The van der Waals surface area contributed by atoms with Crippen LogP contribution in [0.25, 0.3) is 10.6 Å². The van der Waals surface area contributed by atoms with Crippen molar-refractivity contribution in [2.75, 3.05) is 0 Å². The van der Waals surface area contributed by atoms with Crippen molar-refractivity contribution in [1.82, 2.24) is 4.98 Å². The monoisotopic (exact) mass is 365 g/mol. The molecule has 0 aliphatic heterocycles. The lowest BCUT2D eigenvalue weighted by molar-refractivity contribution is 0.0466. The summed E-state index contributed by atoms with van der Waals surface area (Å²) in [6.45, 7) is 10.4. The molecule has 3 rings (SSSR count). The number of aromatic nitrogens is 1. The Morgan fingerprint density at radius 2 is 1.50 bits per heavy atom. The third kappa shape index (κ3) is 3.42. The molecule has 1 heterocycles. The molecule has 3 nitrogen and oxygen atoms in total. The number of carbonyl (C=O) groups excluding carboxylic acids is 1. The van der Waals surface area contributed by atoms with Gasteiger partial charge in [0.2, 0.25) is 0 Å². The number of hydrogen-bond donors (Lipinski definition) is 0. The van der Waals surface area contributed by atoms with Gasteiger partial charge in [-0.05, 0) is 62.4 Å². The van der Waals surface area contributed by atoms with Crippen LogP contribution in [0.5, 0.6) is 0 Å². The maximum Gasteiger partial charge on any atom is 0.339 e. The lowest BCUT2D eigenvalue weighted by Crippen LogP contribution is -2.12. The van der Waals surface area contributed by atoms with Crippen LogP contribution in [0.3, 0.4) is 0 Å². The fraction of sp³-hybridized carbons (Fsp3) is 0.273. The molecule has 0 unspecified atom stereocenters. The van der Waals surface area contributed by atoms with Gasteiger partial charge in [0.15, 0.2) is 0 Å². The summed E-state index contributed by atoms with van der Waals surface area (Å²) in [4.78, 5) is 17.3. The lowest BCUT2D eigenvalue weighted by atomic mass is 9.90. The van der Waals surface area contributed by atoms with E-state index in [9.17, 15) is 4.79 Å². The van der Waals surface area contributed by atoms with Crippen molar-refractivity contribution in [3.63, 3.8) is 0 Å². The van der Waals surface area contributed by atoms with Crippen LogP contribution in [0.2, 0.25) is 0 Å². The van der Waals surface area contributed by atoms with E-state index in [-0.39, 0.29) is 12.6 Å². The quantitative estimate of drug-likeness (QED) is 0.556. The first kappa shape index (κ1) is 18.3. The molecule has 2 aromatic carbocycles. The highest BCUT2D eigenvalue weighted by molar-refractivity contribution is 7.13. The molecule has 4 heteroatoms. The molecule has 134 valence electrons. The summed E-state index contributed by atoms with van der Waals surface area (Å²) in [7, 11) is 0. The first-order valence-electron chi connectivity index (χ1n) is 8.64. The zero-order valence-electron chi connectivity index (χ0n) is 15.8. The van der Waals surface area contributed by atoms with E-state index in [4.69, 9.17) is 4.74 Å². The Morgan fingerprint density at radius 3 is 2.12 bits per heavy atom. The van der Waals surface area contributed by atoms with E-state index >= 15 is 0 Å². The van der Waals surface area contributed by atoms with Crippen molar-refractivity contribution in [3.05, 3.63) is 74.8 Å². The number of thiazole rings is 1. The molecule has 0 bridgehead atoms. The first-order valence-corrected chi connectivity index (χ1v) is 9.52. The number of benzene rings is 2. The van der Waals surface area contributed by atoms with Gasteiger partial charge >= 0.3 is 5.97 Å². The predicted molar refractivity (Wildman–Crippen MR) is 107 cm³/mol. The van der Waals surface area contributed by atoms with Crippen molar-refractivity contribution in [2.45, 2.75) is 41.2 Å². The summed E-state index contributed by atoms with van der Waals surface area (Å²) < 4.78 is 5.58. The normalized spacial score (nSPS) is 10.8. The fourth-order valence-electron chi connectivity index (χ4n) is 3.10. The summed E-state index contributed by atoms with van der Waals surface area (Å²) >= 11 is 1.56. The van der Waals surface area contributed by atoms with Gasteiger partial charge in [0.05, 0.1) is 11.3 Å². The van der Waals surface area contributed by atoms with Gasteiger partial charge in [-0.2, -0.15) is 0 Å². The van der Waals surface area contributed by atoms with E-state index in [2.05, 4.69) is 25.8 Å². The Bertz CT molecular complexity index is 929. The van der Waals surface area contributed by atoms with Gasteiger partial charge in [-0.15, -0.1) is 11.3 Å². The summed E-state index contributed by atoms with van der Waals surface area (Å²) in [5.41, 5.74) is 8.08. The zero-order valence-corrected chi connectivity index (χ0v) is 16.7. The second kappa shape index (κ2) is 7.42. The SMILES string of the molecule is Cc1c(C)c(C)c(C(=O)OCc2csc(-c3ccccc3)n2)c(C)c1C. The Hall–Kier alpha value is -2.46. The standard InChI is InChI=1S/C22H23NO2S/c1-13-14(2)16(4)20(17(5)15(13)3)22(24)25-11-19-12-26-21(23-19)18-9-7-6-8-10-18/h6-10,12H,11H2,1-5H3. The van der Waals surface area contributed by atoms with Crippen LogP contribution < -0.4 is 0 Å². The molecule has 0 amide bonds. The molecule has 0 fully saturated rings. The summed E-state index contributed by atoms with van der Waals surface area (Å²) in [5.74, 6) is -0.277. The molecule has 1 aromatic heterocycles. The molecule has 0 N–H and O–H groups in total. The van der Waals surface area contributed by atoms with E-state index in [1.54, 1.807) is 11.3 Å². The van der Waals surface area contributed by atoms with Gasteiger partial charge in [-0.3, -0.25) is 0 Å². The third-order valence-corrected chi connectivity index (χ3v) is 6.07. The molecule has 0 saturated carbocycles. The van der Waals surface area contributed by atoms with Crippen molar-refractivity contribution >= 4 is 17.3 Å². The summed E-state index contributed by atoms with van der Waals surface area (Å²) in [6, 6.07) is 10.0. The maximum absolute atomic E-state index is 12.7. The van der Waals surface area contributed by atoms with E-state index in [0.717, 1.165) is 38.5 Å². The van der Waals surface area contributed by atoms with E-state index in [1.165, 1.54) is 5.56 Å². The minimum absolute atomic E-state index is 0.188. The molecule has 0 spiro atoms. The second-order valence-electron chi connectivity index (χ2n) is 6.59. The van der Waals surface area contributed by atoms with Crippen LogP contribution in [-0.2, 0) is 11.3 Å². The van der Waals surface area contributed by atoms with Crippen LogP contribution in [-0.4, -0.2) is 11.0 Å². The fourth-order valence-corrected chi connectivity index (χ4v) is 3.91. The van der Waals surface area contributed by atoms with Crippen LogP contribution in [0.4, 0.5) is 0 Å². The van der Waals surface area contributed by atoms with Crippen molar-refractivity contribution < 1.29 is 9.53 Å². The molecule has 3 aromatic rings. The van der Waals surface area contributed by atoms with Gasteiger partial charge in [0.1, 0.15) is 11.6 Å². The van der Waals surface area contributed by atoms with Gasteiger partial charge < -0.3 is 4.74 Å². The largest absolute Gasteiger partial charge is 0.456 e. The second-order valence-corrected chi connectivity index (χ2v) is 7.44. The van der Waals surface area contributed by atoms with Crippen molar-refractivity contribution in [1.29, 1.82) is 0 Å². The van der Waals surface area contributed by atoms with E-state index < -0.39 is 0 Å². The first-order chi connectivity index (χ1) is 12.4. The molecule has 0 aliphatic rings. The Morgan fingerprint density at radius 1 is 0.923 bits per heavy atom. The van der Waals surface area contributed by atoms with Crippen LogP contribution in [0.1, 0.15) is 43.9 Å². The summed E-state index contributed by atoms with van der Waals surface area (Å²) in [5, 5.41) is 2.88. The zero-order chi connectivity index (χ0) is 18.8. The average molecular weight is 365 g/mol. The number of nitrogens with zero attached hydrogens (tertiary/aromatic N) is 1.